The molecule has 8 nitrogen and oxygen atoms in total. The zero-order valence-corrected chi connectivity index (χ0v) is 36.2. The van der Waals surface area contributed by atoms with Gasteiger partial charge in [0.1, 0.15) is 16.8 Å². The topological polar surface area (TPSA) is 112 Å². The predicted octanol–water partition coefficient (Wildman–Crippen LogP) is 10.1. The number of aromatic nitrogens is 1. The highest BCUT2D eigenvalue weighted by atomic mass is 32.1. The Morgan fingerprint density at radius 2 is 1.36 bits per heavy atom. The molecule has 4 aromatic rings. The number of likely N-dealkylation sites (N-methyl/N-ethyl adjacent to an activating group) is 2. The van der Waals surface area contributed by atoms with Crippen LogP contribution in [0.1, 0.15) is 105 Å². The molecule has 2 atom stereocenters. The molecule has 2 aliphatic heterocycles. The van der Waals surface area contributed by atoms with Crippen molar-refractivity contribution in [3.05, 3.63) is 161 Å². The number of allylic oxidation sites excluding steroid dienone is 8. The van der Waals surface area contributed by atoms with E-state index in [2.05, 4.69) is 109 Å². The van der Waals surface area contributed by atoms with Crippen molar-refractivity contribution in [3.63, 3.8) is 0 Å². The van der Waals surface area contributed by atoms with Gasteiger partial charge >= 0.3 is 0 Å². The van der Waals surface area contributed by atoms with Gasteiger partial charge in [0, 0.05) is 64.4 Å². The third-order valence-electron chi connectivity index (χ3n) is 13.3. The molecule has 3 aromatic carbocycles. The lowest BCUT2D eigenvalue weighted by molar-refractivity contribution is 0.104. The molecule has 0 radical (unpaired) electrons. The molecule has 0 bridgehead atoms. The van der Waals surface area contributed by atoms with Gasteiger partial charge in [0.05, 0.1) is 22.9 Å². The SMILES string of the molecule is CCCCc1nc(=C(C#N)C#N)s/c1=C/C1=C2N(C)c3ccccc3C2(C)CCC1.[C-]#[N+]/C(C#N)=C1\C(=C\C2=C3N(C)c4ccccc4C3(C)CCC2)C(=O)c2ccccc21. The van der Waals surface area contributed by atoms with E-state index in [0.29, 0.717) is 26.9 Å². The smallest absolute Gasteiger partial charge is 0.270 e. The van der Waals surface area contributed by atoms with Gasteiger partial charge in [-0.1, -0.05) is 74.0 Å². The van der Waals surface area contributed by atoms with Crippen molar-refractivity contribution >= 4 is 45.7 Å². The van der Waals surface area contributed by atoms with Crippen LogP contribution in [0.4, 0.5) is 11.4 Å². The minimum atomic E-state index is -0.111. The number of ketones is 1. The van der Waals surface area contributed by atoms with Gasteiger partial charge < -0.3 is 9.80 Å². The molecule has 9 heteroatoms. The number of fused-ring (bicyclic) bond motifs is 7. The van der Waals surface area contributed by atoms with E-state index < -0.39 is 0 Å². The molecular formula is C52H47N7OS. The summed E-state index contributed by atoms with van der Waals surface area (Å²) in [6, 6.07) is 30.5. The fourth-order valence-corrected chi connectivity index (χ4v) is 11.5. The maximum Gasteiger partial charge on any atom is 0.270 e. The van der Waals surface area contributed by atoms with Gasteiger partial charge in [0.25, 0.3) is 5.70 Å². The van der Waals surface area contributed by atoms with E-state index in [9.17, 15) is 20.6 Å². The first-order chi connectivity index (χ1) is 29.5. The van der Waals surface area contributed by atoms with E-state index in [1.165, 1.54) is 50.8 Å². The number of rotatable bonds is 5. The van der Waals surface area contributed by atoms with Crippen LogP contribution in [-0.4, -0.2) is 24.9 Å². The number of hydrogen-bond acceptors (Lipinski definition) is 8. The molecule has 3 aliphatic carbocycles. The van der Waals surface area contributed by atoms with Crippen molar-refractivity contribution in [2.24, 2.45) is 0 Å². The van der Waals surface area contributed by atoms with Crippen molar-refractivity contribution in [1.82, 2.24) is 4.98 Å². The maximum absolute atomic E-state index is 13.3. The summed E-state index contributed by atoms with van der Waals surface area (Å²) in [6.07, 6.45) is 13.5. The molecule has 1 aromatic heterocycles. The van der Waals surface area contributed by atoms with Crippen LogP contribution in [0.5, 0.6) is 0 Å². The second kappa shape index (κ2) is 16.3. The van der Waals surface area contributed by atoms with Crippen molar-refractivity contribution < 1.29 is 4.79 Å². The standard InChI is InChI=1S/C27H21N3O.C25H26N4S/c1-27-14-8-9-17(26(27)30(3)23-13-7-6-12-21(23)27)15-20-24(22(16-28)29-2)18-10-4-5-11-19(18)25(20)31;1-4-5-11-20-22(30-24(28-20)18(15-26)16-27)14-17-9-8-13-25(2)19-10-6-7-12-21(19)29(3)23(17)25/h4-7,10-13,15H,8-9,14H2,1,3H3;6-7,10,12,14H,4-5,8-9,11,13H2,1-3H3/b20-15-,24-22-;22-14+. The Labute approximate surface area is 362 Å². The highest BCUT2D eigenvalue weighted by Gasteiger charge is 2.46. The van der Waals surface area contributed by atoms with Gasteiger partial charge in [-0.05, 0) is 117 Å². The lowest BCUT2D eigenvalue weighted by Gasteiger charge is -2.35. The predicted molar refractivity (Wildman–Crippen MR) is 243 cm³/mol. The highest BCUT2D eigenvalue weighted by molar-refractivity contribution is 7.07. The minimum Gasteiger partial charge on any atom is -0.347 e. The Morgan fingerprint density at radius 1 is 0.820 bits per heavy atom. The third kappa shape index (κ3) is 6.71. The Morgan fingerprint density at radius 3 is 1.90 bits per heavy atom. The summed E-state index contributed by atoms with van der Waals surface area (Å²) in [7, 11) is 4.26. The Kier molecular flexibility index (Phi) is 11.0. The van der Waals surface area contributed by atoms with Gasteiger partial charge in [0.2, 0.25) is 0 Å². The minimum absolute atomic E-state index is 0.0308. The molecule has 0 saturated heterocycles. The van der Waals surface area contributed by atoms with E-state index in [-0.39, 0.29) is 27.9 Å². The summed E-state index contributed by atoms with van der Waals surface area (Å²) in [6.45, 7) is 14.3. The Hall–Kier alpha value is -6.78. The number of unbranched alkanes of at least 4 members (excludes halogenated alkanes) is 1. The number of thiazole rings is 1. The van der Waals surface area contributed by atoms with Crippen LogP contribution >= 0.6 is 11.3 Å². The number of anilines is 2. The average Bonchev–Trinajstić information content (AvgIpc) is 3.94. The molecule has 9 rings (SSSR count). The number of benzene rings is 3. The molecule has 0 spiro atoms. The average molecular weight is 818 g/mol. The summed E-state index contributed by atoms with van der Waals surface area (Å²) in [4.78, 5) is 26.1. The fourth-order valence-electron chi connectivity index (χ4n) is 10.5. The van der Waals surface area contributed by atoms with E-state index in [1.807, 2.05) is 42.5 Å². The van der Waals surface area contributed by atoms with Crippen LogP contribution in [0, 0.1) is 40.6 Å². The van der Waals surface area contributed by atoms with Crippen molar-refractivity contribution in [1.29, 1.82) is 15.8 Å². The van der Waals surface area contributed by atoms with E-state index >= 15 is 0 Å². The number of carbonyl (C=O) groups is 1. The lowest BCUT2D eigenvalue weighted by atomic mass is 9.71. The first-order valence-electron chi connectivity index (χ1n) is 21.1. The van der Waals surface area contributed by atoms with E-state index in [1.54, 1.807) is 6.07 Å². The summed E-state index contributed by atoms with van der Waals surface area (Å²) in [5, 5.41) is 28.2. The van der Waals surface area contributed by atoms with Crippen LogP contribution in [0.25, 0.3) is 22.1 Å². The van der Waals surface area contributed by atoms with Gasteiger partial charge in [-0.25, -0.2) is 15.1 Å². The first-order valence-corrected chi connectivity index (χ1v) is 21.9. The number of Topliss-reactive ketones (excluding diaryl/α,β-unsaturated/α-hetero) is 1. The molecular weight excluding hydrogens is 771 g/mol. The molecule has 0 saturated carbocycles. The van der Waals surface area contributed by atoms with Crippen LogP contribution in [0.3, 0.4) is 0 Å². The normalized spacial score (nSPS) is 22.5. The monoisotopic (exact) mass is 817 g/mol. The van der Waals surface area contributed by atoms with Gasteiger partial charge in [-0.15, -0.1) is 11.3 Å². The number of nitriles is 3. The van der Waals surface area contributed by atoms with Crippen LogP contribution in [0.2, 0.25) is 0 Å². The summed E-state index contributed by atoms with van der Waals surface area (Å²) < 4.78 is 1.64. The lowest BCUT2D eigenvalue weighted by Crippen LogP contribution is -2.30. The fraction of sp³-hybridized carbons (Fsp3) is 0.308. The zero-order chi connectivity index (χ0) is 43.1. The quantitative estimate of drug-likeness (QED) is 0.112. The van der Waals surface area contributed by atoms with Crippen molar-refractivity contribution in [3.8, 4) is 18.2 Å². The Balaban J connectivity index is 0.000000169. The summed E-state index contributed by atoms with van der Waals surface area (Å²) in [5.74, 6) is -0.111. The number of aryl methyl sites for hydroxylation is 1. The van der Waals surface area contributed by atoms with Crippen LogP contribution in [-0.2, 0) is 17.3 Å². The van der Waals surface area contributed by atoms with E-state index in [4.69, 9.17) is 6.57 Å². The molecule has 2 unspecified atom stereocenters. The molecule has 0 amide bonds. The molecule has 0 N–H and O–H groups in total. The molecule has 3 heterocycles. The maximum atomic E-state index is 13.3. The molecule has 61 heavy (non-hydrogen) atoms. The van der Waals surface area contributed by atoms with Crippen molar-refractivity contribution in [2.45, 2.75) is 89.4 Å². The van der Waals surface area contributed by atoms with Crippen molar-refractivity contribution in [2.75, 3.05) is 23.9 Å². The Bertz CT molecular complexity index is 2920. The summed E-state index contributed by atoms with van der Waals surface area (Å²) in [5.41, 5.74) is 13.5. The first kappa shape index (κ1) is 41.0. The van der Waals surface area contributed by atoms with Gasteiger partial charge in [-0.2, -0.15) is 10.5 Å². The summed E-state index contributed by atoms with van der Waals surface area (Å²) >= 11 is 1.48. The molecule has 302 valence electrons. The number of hydrogen-bond donors (Lipinski definition) is 0. The van der Waals surface area contributed by atoms with E-state index in [0.717, 1.165) is 73.6 Å². The van der Waals surface area contributed by atoms with Crippen LogP contribution < -0.4 is 19.0 Å². The number of carbonyl (C=O) groups excluding carboxylic acids is 1. The van der Waals surface area contributed by atoms with Gasteiger partial charge in [-0.3, -0.25) is 4.79 Å². The van der Waals surface area contributed by atoms with Crippen LogP contribution in [0.15, 0.2) is 113 Å². The molecule has 5 aliphatic rings. The zero-order valence-electron chi connectivity index (χ0n) is 35.4. The number of para-hydroxylation sites is 2. The molecule has 0 fully saturated rings. The van der Waals surface area contributed by atoms with Gasteiger partial charge in [0.15, 0.2) is 11.4 Å². The largest absolute Gasteiger partial charge is 0.347 e. The third-order valence-corrected chi connectivity index (χ3v) is 14.3. The second-order valence-electron chi connectivity index (χ2n) is 16.8. The second-order valence-corrected chi connectivity index (χ2v) is 17.9. The highest BCUT2D eigenvalue weighted by Crippen LogP contribution is 2.55. The number of nitrogens with zero attached hydrogens (tertiary/aromatic N) is 7.